The van der Waals surface area contributed by atoms with Crippen LogP contribution in [0.25, 0.3) is 0 Å². The number of rotatable bonds is 5. The molecule has 0 aromatic heterocycles. The van der Waals surface area contributed by atoms with E-state index in [0.717, 1.165) is 0 Å². The van der Waals surface area contributed by atoms with Crippen molar-refractivity contribution in [2.24, 2.45) is 0 Å². The molecule has 1 atom stereocenters. The molecule has 0 saturated heterocycles. The molecule has 1 aromatic rings. The minimum Gasteiger partial charge on any atom is -0.479 e. The number of hydrogen-bond acceptors (Lipinski definition) is 4. The number of carboxylic acid groups (broad SMARTS) is 1. The molecule has 1 aromatic carbocycles. The van der Waals surface area contributed by atoms with Gasteiger partial charge in [0.2, 0.25) is 6.41 Å². The quantitative estimate of drug-likeness (QED) is 0.719. The van der Waals surface area contributed by atoms with E-state index in [0.29, 0.717) is 17.7 Å². The molecule has 0 aliphatic rings. The van der Waals surface area contributed by atoms with Crippen LogP contribution in [0.1, 0.15) is 32.4 Å². The number of aliphatic carboxylic acids is 1. The van der Waals surface area contributed by atoms with Crippen LogP contribution in [0, 0.1) is 0 Å². The third-order valence-corrected chi connectivity index (χ3v) is 2.38. The van der Waals surface area contributed by atoms with Crippen molar-refractivity contribution in [3.63, 3.8) is 0 Å². The fourth-order valence-electron chi connectivity index (χ4n) is 1.55. The highest BCUT2D eigenvalue weighted by Crippen LogP contribution is 2.17. The minimum atomic E-state index is -1.23. The summed E-state index contributed by atoms with van der Waals surface area (Å²) in [6.07, 6.45) is -0.298. The van der Waals surface area contributed by atoms with Crippen LogP contribution in [-0.2, 0) is 14.3 Å². The SMILES string of the molecule is CC(C)(C)OC(=O)N[C@@H](C(=O)O)c1ccc(NC=O)cc1. The molecule has 0 heterocycles. The molecule has 21 heavy (non-hydrogen) atoms. The Kier molecular flexibility index (Phi) is 5.29. The monoisotopic (exact) mass is 294 g/mol. The zero-order valence-corrected chi connectivity index (χ0v) is 12.0. The van der Waals surface area contributed by atoms with Crippen molar-refractivity contribution < 1.29 is 24.2 Å². The molecule has 114 valence electrons. The number of amides is 2. The number of nitrogens with one attached hydrogen (secondary N) is 2. The lowest BCUT2D eigenvalue weighted by atomic mass is 10.1. The molecule has 7 heteroatoms. The van der Waals surface area contributed by atoms with Crippen LogP contribution in [-0.4, -0.2) is 29.2 Å². The van der Waals surface area contributed by atoms with Gasteiger partial charge in [-0.3, -0.25) is 4.79 Å². The molecule has 1 rings (SSSR count). The zero-order valence-electron chi connectivity index (χ0n) is 12.0. The van der Waals surface area contributed by atoms with Crippen molar-refractivity contribution in [1.29, 1.82) is 0 Å². The highest BCUT2D eigenvalue weighted by molar-refractivity contribution is 5.82. The number of carbonyl (C=O) groups excluding carboxylic acids is 2. The van der Waals surface area contributed by atoms with Crippen molar-refractivity contribution in [1.82, 2.24) is 5.32 Å². The van der Waals surface area contributed by atoms with Gasteiger partial charge in [-0.2, -0.15) is 0 Å². The molecule has 3 N–H and O–H groups in total. The van der Waals surface area contributed by atoms with E-state index in [1.165, 1.54) is 24.3 Å². The predicted molar refractivity (Wildman–Crippen MR) is 75.9 cm³/mol. The van der Waals surface area contributed by atoms with Gasteiger partial charge in [-0.25, -0.2) is 9.59 Å². The second-order valence-corrected chi connectivity index (χ2v) is 5.30. The first-order valence-electron chi connectivity index (χ1n) is 6.25. The summed E-state index contributed by atoms with van der Waals surface area (Å²) in [7, 11) is 0. The van der Waals surface area contributed by atoms with Crippen molar-refractivity contribution >= 4 is 24.2 Å². The number of hydrogen-bond donors (Lipinski definition) is 3. The van der Waals surface area contributed by atoms with E-state index in [9.17, 15) is 19.5 Å². The van der Waals surface area contributed by atoms with Gasteiger partial charge in [0.15, 0.2) is 6.04 Å². The van der Waals surface area contributed by atoms with Crippen LogP contribution in [0.5, 0.6) is 0 Å². The molecule has 7 nitrogen and oxygen atoms in total. The lowest BCUT2D eigenvalue weighted by molar-refractivity contribution is -0.139. The maximum Gasteiger partial charge on any atom is 0.408 e. The van der Waals surface area contributed by atoms with E-state index < -0.39 is 23.7 Å². The molecular formula is C14H18N2O5. The van der Waals surface area contributed by atoms with Gasteiger partial charge in [-0.15, -0.1) is 0 Å². The Bertz CT molecular complexity index is 519. The summed E-state index contributed by atoms with van der Waals surface area (Å²) in [5, 5.41) is 13.9. The maximum atomic E-state index is 11.7. The summed E-state index contributed by atoms with van der Waals surface area (Å²) in [6, 6.07) is 4.85. The molecule has 0 fully saturated rings. The molecule has 0 radical (unpaired) electrons. The summed E-state index contributed by atoms with van der Waals surface area (Å²) >= 11 is 0. The summed E-state index contributed by atoms with van der Waals surface area (Å²) in [4.78, 5) is 33.2. The Morgan fingerprint density at radius 2 is 1.81 bits per heavy atom. The Hall–Kier alpha value is -2.57. The Labute approximate surface area is 122 Å². The lowest BCUT2D eigenvalue weighted by Crippen LogP contribution is -2.38. The first-order chi connectivity index (χ1) is 9.73. The number of ether oxygens (including phenoxy) is 1. The third-order valence-electron chi connectivity index (χ3n) is 2.38. The molecule has 0 aliphatic carbocycles. The van der Waals surface area contributed by atoms with E-state index >= 15 is 0 Å². The largest absolute Gasteiger partial charge is 0.479 e. The fourth-order valence-corrected chi connectivity index (χ4v) is 1.55. The molecule has 0 bridgehead atoms. The summed E-state index contributed by atoms with van der Waals surface area (Å²) in [5.74, 6) is -1.21. The van der Waals surface area contributed by atoms with Crippen LogP contribution in [0.4, 0.5) is 10.5 Å². The number of anilines is 1. The third kappa shape index (κ3) is 5.52. The zero-order chi connectivity index (χ0) is 16.0. The molecular weight excluding hydrogens is 276 g/mol. The number of carbonyl (C=O) groups is 3. The molecule has 0 aliphatic heterocycles. The van der Waals surface area contributed by atoms with Crippen LogP contribution in [0.15, 0.2) is 24.3 Å². The molecule has 0 saturated carbocycles. The molecule has 0 unspecified atom stereocenters. The van der Waals surface area contributed by atoms with E-state index in [-0.39, 0.29) is 0 Å². The summed E-state index contributed by atoms with van der Waals surface area (Å²) < 4.78 is 5.03. The van der Waals surface area contributed by atoms with E-state index in [1.807, 2.05) is 0 Å². The number of benzene rings is 1. The second kappa shape index (κ2) is 6.74. The normalized spacial score (nSPS) is 12.1. The van der Waals surface area contributed by atoms with Crippen LogP contribution in [0.3, 0.4) is 0 Å². The Morgan fingerprint density at radius 3 is 2.24 bits per heavy atom. The van der Waals surface area contributed by atoms with Gasteiger partial charge >= 0.3 is 12.1 Å². The van der Waals surface area contributed by atoms with Crippen LogP contribution >= 0.6 is 0 Å². The van der Waals surface area contributed by atoms with Gasteiger partial charge in [0.25, 0.3) is 0 Å². The second-order valence-electron chi connectivity index (χ2n) is 5.30. The maximum absolute atomic E-state index is 11.7. The van der Waals surface area contributed by atoms with Gasteiger partial charge in [0.05, 0.1) is 0 Å². The van der Waals surface area contributed by atoms with Crippen LogP contribution in [0.2, 0.25) is 0 Å². The number of carboxylic acids is 1. The Balaban J connectivity index is 2.84. The van der Waals surface area contributed by atoms with Crippen molar-refractivity contribution in [3.8, 4) is 0 Å². The average molecular weight is 294 g/mol. The van der Waals surface area contributed by atoms with E-state index in [4.69, 9.17) is 4.74 Å². The Morgan fingerprint density at radius 1 is 1.24 bits per heavy atom. The fraction of sp³-hybridized carbons (Fsp3) is 0.357. The highest BCUT2D eigenvalue weighted by Gasteiger charge is 2.25. The van der Waals surface area contributed by atoms with E-state index in [1.54, 1.807) is 20.8 Å². The summed E-state index contributed by atoms with van der Waals surface area (Å²) in [5.41, 5.74) is 0.171. The first kappa shape index (κ1) is 16.5. The highest BCUT2D eigenvalue weighted by atomic mass is 16.6. The standard InChI is InChI=1S/C14H18N2O5/c1-14(2,3)21-13(20)16-11(12(18)19)9-4-6-10(7-5-9)15-8-17/h4-8,11H,1-3H3,(H,15,17)(H,16,20)(H,18,19)/t11-/m1/s1. The van der Waals surface area contributed by atoms with Gasteiger partial charge < -0.3 is 20.5 Å². The van der Waals surface area contributed by atoms with Gasteiger partial charge in [0, 0.05) is 5.69 Å². The lowest BCUT2D eigenvalue weighted by Gasteiger charge is -2.22. The van der Waals surface area contributed by atoms with Crippen molar-refractivity contribution in [2.75, 3.05) is 5.32 Å². The number of alkyl carbamates (subject to hydrolysis) is 1. The smallest absolute Gasteiger partial charge is 0.408 e. The van der Waals surface area contributed by atoms with Crippen molar-refractivity contribution in [3.05, 3.63) is 29.8 Å². The minimum absolute atomic E-state index is 0.366. The van der Waals surface area contributed by atoms with Gasteiger partial charge in [0.1, 0.15) is 5.60 Å². The molecule has 2 amide bonds. The predicted octanol–water partition coefficient (Wildman–Crippen LogP) is 1.91. The van der Waals surface area contributed by atoms with Gasteiger partial charge in [-0.05, 0) is 38.5 Å². The van der Waals surface area contributed by atoms with Gasteiger partial charge in [-0.1, -0.05) is 12.1 Å². The van der Waals surface area contributed by atoms with E-state index in [2.05, 4.69) is 10.6 Å². The molecule has 0 spiro atoms. The van der Waals surface area contributed by atoms with Crippen LogP contribution < -0.4 is 10.6 Å². The van der Waals surface area contributed by atoms with Crippen molar-refractivity contribution in [2.45, 2.75) is 32.4 Å². The summed E-state index contributed by atoms with van der Waals surface area (Å²) in [6.45, 7) is 5.05. The first-order valence-corrected chi connectivity index (χ1v) is 6.25. The average Bonchev–Trinajstić information content (AvgIpc) is 2.35. The topological polar surface area (TPSA) is 105 Å².